The first-order valence-electron chi connectivity index (χ1n) is 8.35. The molecule has 25 heavy (non-hydrogen) atoms. The maximum absolute atomic E-state index is 12.2. The normalized spacial score (nSPS) is 29.8. The second-order valence-electron chi connectivity index (χ2n) is 6.56. The van der Waals surface area contributed by atoms with E-state index in [1.807, 2.05) is 0 Å². The minimum atomic E-state index is -4.74. The molecule has 11 nitrogen and oxygen atoms in total. The summed E-state index contributed by atoms with van der Waals surface area (Å²) < 4.78 is 34.9. The number of urea groups is 1. The van der Waals surface area contributed by atoms with Gasteiger partial charge in [-0.25, -0.2) is 10.2 Å². The number of hydroxylamine groups is 2. The van der Waals surface area contributed by atoms with Crippen molar-refractivity contribution >= 4 is 22.3 Å². The van der Waals surface area contributed by atoms with Crippen LogP contribution in [0.2, 0.25) is 0 Å². The predicted molar refractivity (Wildman–Crippen MR) is 85.1 cm³/mol. The fraction of sp³-hybridized carbons (Fsp3) is 0.846. The summed E-state index contributed by atoms with van der Waals surface area (Å²) in [6.07, 6.45) is 2.99. The van der Waals surface area contributed by atoms with Crippen molar-refractivity contribution in [1.82, 2.24) is 26.1 Å². The molecule has 0 radical (unpaired) electrons. The number of nitrogens with one attached hydrogen (secondary N) is 3. The van der Waals surface area contributed by atoms with E-state index in [2.05, 4.69) is 20.5 Å². The molecule has 3 saturated heterocycles. The summed E-state index contributed by atoms with van der Waals surface area (Å²) in [6.45, 7) is 2.26. The van der Waals surface area contributed by atoms with Gasteiger partial charge in [0.25, 0.3) is 0 Å². The number of nitrogens with zero attached hydrogens (tertiary/aromatic N) is 2. The molecule has 3 fully saturated rings. The smallest absolute Gasteiger partial charge is 0.316 e. The molecule has 3 amide bonds. The Morgan fingerprint density at radius 1 is 1.36 bits per heavy atom. The molecule has 0 aliphatic carbocycles. The molecule has 12 heteroatoms. The van der Waals surface area contributed by atoms with Gasteiger partial charge in [-0.05, 0) is 32.2 Å². The third kappa shape index (κ3) is 4.39. The van der Waals surface area contributed by atoms with Gasteiger partial charge < -0.3 is 10.2 Å². The highest BCUT2D eigenvalue weighted by Crippen LogP contribution is 2.30. The van der Waals surface area contributed by atoms with E-state index >= 15 is 0 Å². The molecule has 3 rings (SSSR count). The van der Waals surface area contributed by atoms with Crippen LogP contribution in [0.25, 0.3) is 0 Å². The zero-order valence-electron chi connectivity index (χ0n) is 13.7. The quantitative estimate of drug-likeness (QED) is 0.328. The predicted octanol–water partition coefficient (Wildman–Crippen LogP) is -1.39. The highest BCUT2D eigenvalue weighted by atomic mass is 32.3. The minimum Gasteiger partial charge on any atom is -0.316 e. The monoisotopic (exact) mass is 377 g/mol. The van der Waals surface area contributed by atoms with Gasteiger partial charge in [0.2, 0.25) is 5.91 Å². The first-order valence-corrected chi connectivity index (χ1v) is 9.72. The number of piperidine rings is 2. The number of carbonyl (C=O) groups is 2. The Morgan fingerprint density at radius 2 is 2.16 bits per heavy atom. The third-order valence-corrected chi connectivity index (χ3v) is 5.19. The summed E-state index contributed by atoms with van der Waals surface area (Å²) in [5.41, 5.74) is 5.55. The lowest BCUT2D eigenvalue weighted by molar-refractivity contribution is -0.126. The highest BCUT2D eigenvalue weighted by Gasteiger charge is 2.47. The molecule has 3 aliphatic rings. The van der Waals surface area contributed by atoms with Crippen LogP contribution in [0, 0.1) is 5.92 Å². The van der Waals surface area contributed by atoms with Crippen LogP contribution in [-0.2, 0) is 19.5 Å². The zero-order valence-corrected chi connectivity index (χ0v) is 14.5. The lowest BCUT2D eigenvalue weighted by Crippen LogP contribution is -2.52. The van der Waals surface area contributed by atoms with Crippen LogP contribution in [0.3, 0.4) is 0 Å². The number of hydrogen-bond donors (Lipinski definition) is 4. The average molecular weight is 377 g/mol. The maximum Gasteiger partial charge on any atom is 0.418 e. The Kier molecular flexibility index (Phi) is 5.43. The first kappa shape index (κ1) is 18.3. The van der Waals surface area contributed by atoms with Crippen molar-refractivity contribution in [3.63, 3.8) is 0 Å². The largest absolute Gasteiger partial charge is 0.418 e. The van der Waals surface area contributed by atoms with Gasteiger partial charge in [-0.15, -0.1) is 4.28 Å². The maximum atomic E-state index is 12.2. The van der Waals surface area contributed by atoms with E-state index in [0.29, 0.717) is 37.5 Å². The van der Waals surface area contributed by atoms with E-state index in [1.165, 1.54) is 4.90 Å². The summed E-state index contributed by atoms with van der Waals surface area (Å²) in [5.74, 6) is -0.144. The number of carbonyl (C=O) groups excluding carboxylic acids is 2. The molecular formula is C13H23N5O6S. The van der Waals surface area contributed by atoms with Crippen LogP contribution in [0.15, 0.2) is 0 Å². The Labute approximate surface area is 145 Å². The van der Waals surface area contributed by atoms with Gasteiger partial charge in [0.1, 0.15) is 0 Å². The lowest BCUT2D eigenvalue weighted by atomic mass is 9.99. The molecule has 0 spiro atoms. The van der Waals surface area contributed by atoms with Gasteiger partial charge in [-0.3, -0.25) is 14.8 Å². The summed E-state index contributed by atoms with van der Waals surface area (Å²) in [5, 5.41) is 3.89. The van der Waals surface area contributed by atoms with Crippen LogP contribution in [0.4, 0.5) is 4.79 Å². The number of hydrogen-bond acceptors (Lipinski definition) is 7. The van der Waals surface area contributed by atoms with Crippen molar-refractivity contribution in [3.8, 4) is 0 Å². The van der Waals surface area contributed by atoms with Gasteiger partial charge in [0.15, 0.2) is 0 Å². The fourth-order valence-electron chi connectivity index (χ4n) is 3.56. The zero-order chi connectivity index (χ0) is 18.0. The second kappa shape index (κ2) is 7.41. The molecule has 4 N–H and O–H groups in total. The molecule has 0 aromatic carbocycles. The minimum absolute atomic E-state index is 0.0657. The highest BCUT2D eigenvalue weighted by molar-refractivity contribution is 7.80. The van der Waals surface area contributed by atoms with Gasteiger partial charge in [0, 0.05) is 25.7 Å². The van der Waals surface area contributed by atoms with Crippen molar-refractivity contribution in [1.29, 1.82) is 0 Å². The van der Waals surface area contributed by atoms with E-state index in [4.69, 9.17) is 4.55 Å². The van der Waals surface area contributed by atoms with Crippen molar-refractivity contribution in [3.05, 3.63) is 0 Å². The molecular weight excluding hydrogens is 354 g/mol. The van der Waals surface area contributed by atoms with Crippen molar-refractivity contribution < 1.29 is 26.8 Å². The van der Waals surface area contributed by atoms with Gasteiger partial charge in [0.05, 0.1) is 12.0 Å². The molecule has 0 aromatic rings. The Hall–Kier alpha value is -1.47. The Morgan fingerprint density at radius 3 is 2.84 bits per heavy atom. The summed E-state index contributed by atoms with van der Waals surface area (Å²) in [4.78, 5) is 25.8. The molecule has 142 valence electrons. The van der Waals surface area contributed by atoms with E-state index in [0.717, 1.165) is 19.4 Å². The molecule has 0 saturated carbocycles. The van der Waals surface area contributed by atoms with Crippen LogP contribution < -0.4 is 16.2 Å². The van der Waals surface area contributed by atoms with Gasteiger partial charge >= 0.3 is 16.4 Å². The van der Waals surface area contributed by atoms with Gasteiger partial charge in [-0.2, -0.15) is 13.5 Å². The van der Waals surface area contributed by atoms with Crippen molar-refractivity contribution in [2.24, 2.45) is 5.92 Å². The van der Waals surface area contributed by atoms with Crippen LogP contribution in [0.5, 0.6) is 0 Å². The van der Waals surface area contributed by atoms with Crippen LogP contribution in [-0.4, -0.2) is 73.1 Å². The SMILES string of the molecule is O=C(NNCC1CCC2CN1C(=O)N2OS(=O)(=O)O)C1CCCNC1. The van der Waals surface area contributed by atoms with Crippen molar-refractivity contribution in [2.45, 2.75) is 37.8 Å². The third-order valence-electron chi connectivity index (χ3n) is 4.84. The Bertz CT molecular complexity index is 622. The van der Waals surface area contributed by atoms with E-state index in [1.54, 1.807) is 0 Å². The second-order valence-corrected chi connectivity index (χ2v) is 7.57. The standard InChI is InChI=1S/C13H23N5O6S/c19-12(9-2-1-5-14-6-9)16-15-7-10-3-4-11-8-17(10)13(20)18(11)24-25(21,22)23/h9-11,14-15H,1-8H2,(H,16,19)(H,21,22,23). The molecule has 0 aromatic heterocycles. The fourth-order valence-corrected chi connectivity index (χ4v) is 3.95. The summed E-state index contributed by atoms with van der Waals surface area (Å²) in [7, 11) is -4.74. The van der Waals surface area contributed by atoms with Gasteiger partial charge in [-0.1, -0.05) is 0 Å². The number of fused-ring (bicyclic) bond motifs is 2. The lowest BCUT2D eigenvalue weighted by Gasteiger charge is -2.31. The van der Waals surface area contributed by atoms with Crippen LogP contribution >= 0.6 is 0 Å². The van der Waals surface area contributed by atoms with E-state index in [9.17, 15) is 18.0 Å². The molecule has 3 aliphatic heterocycles. The average Bonchev–Trinajstić information content (AvgIpc) is 2.81. The van der Waals surface area contributed by atoms with Crippen molar-refractivity contribution in [2.75, 3.05) is 26.2 Å². The van der Waals surface area contributed by atoms with Crippen LogP contribution in [0.1, 0.15) is 25.7 Å². The number of rotatable bonds is 6. The molecule has 3 heterocycles. The van der Waals surface area contributed by atoms with E-state index in [-0.39, 0.29) is 17.9 Å². The summed E-state index contributed by atoms with van der Waals surface area (Å²) >= 11 is 0. The molecule has 3 unspecified atom stereocenters. The topological polar surface area (TPSA) is 140 Å². The number of hydrazine groups is 1. The Balaban J connectivity index is 1.48. The molecule has 2 bridgehead atoms. The first-order chi connectivity index (χ1) is 11.8. The van der Waals surface area contributed by atoms with E-state index < -0.39 is 22.5 Å². The summed E-state index contributed by atoms with van der Waals surface area (Å²) in [6, 6.07) is -1.20. The number of amides is 3. The molecule has 3 atom stereocenters.